The second kappa shape index (κ2) is 5.82. The SMILES string of the molecule is CCC(C)[C@H](N)C(=O)NCC1CCS(=O)(=O)C1. The van der Waals surface area contributed by atoms with E-state index in [2.05, 4.69) is 5.32 Å². The molecule has 1 aliphatic rings. The van der Waals surface area contributed by atoms with Crippen LogP contribution in [0.1, 0.15) is 26.7 Å². The Morgan fingerprint density at radius 2 is 2.18 bits per heavy atom. The standard InChI is InChI=1S/C11H22N2O3S/c1-3-8(2)10(12)11(14)13-6-9-4-5-17(15,16)7-9/h8-10H,3-7,12H2,1-2H3,(H,13,14)/t8?,9?,10-/m0/s1. The van der Waals surface area contributed by atoms with Crippen LogP contribution in [0.3, 0.4) is 0 Å². The van der Waals surface area contributed by atoms with Crippen molar-refractivity contribution in [1.82, 2.24) is 5.32 Å². The number of sulfone groups is 1. The van der Waals surface area contributed by atoms with Gasteiger partial charge in [0.1, 0.15) is 0 Å². The molecule has 2 unspecified atom stereocenters. The Balaban J connectivity index is 2.34. The molecule has 0 aromatic carbocycles. The number of amides is 1. The molecule has 0 spiro atoms. The second-order valence-corrected chi connectivity index (χ2v) is 7.15. The van der Waals surface area contributed by atoms with E-state index >= 15 is 0 Å². The van der Waals surface area contributed by atoms with Crippen molar-refractivity contribution in [1.29, 1.82) is 0 Å². The van der Waals surface area contributed by atoms with E-state index in [0.29, 0.717) is 13.0 Å². The molecule has 1 aliphatic heterocycles. The maximum atomic E-state index is 11.7. The minimum absolute atomic E-state index is 0.0492. The van der Waals surface area contributed by atoms with Gasteiger partial charge in [0.05, 0.1) is 17.5 Å². The van der Waals surface area contributed by atoms with E-state index in [0.717, 1.165) is 6.42 Å². The van der Waals surface area contributed by atoms with Gasteiger partial charge >= 0.3 is 0 Å². The first-order valence-electron chi connectivity index (χ1n) is 6.09. The lowest BCUT2D eigenvalue weighted by Gasteiger charge is -2.18. The fraction of sp³-hybridized carbons (Fsp3) is 0.909. The Morgan fingerprint density at radius 1 is 1.53 bits per heavy atom. The zero-order valence-corrected chi connectivity index (χ0v) is 11.3. The lowest BCUT2D eigenvalue weighted by atomic mass is 9.99. The molecule has 100 valence electrons. The summed E-state index contributed by atoms with van der Waals surface area (Å²) >= 11 is 0. The van der Waals surface area contributed by atoms with Crippen LogP contribution in [0.4, 0.5) is 0 Å². The van der Waals surface area contributed by atoms with E-state index in [4.69, 9.17) is 5.73 Å². The predicted octanol–water partition coefficient (Wildman–Crippen LogP) is -0.0893. The van der Waals surface area contributed by atoms with Crippen molar-refractivity contribution in [2.45, 2.75) is 32.7 Å². The van der Waals surface area contributed by atoms with Gasteiger partial charge in [-0.1, -0.05) is 20.3 Å². The van der Waals surface area contributed by atoms with E-state index in [1.165, 1.54) is 0 Å². The number of hydrogen-bond donors (Lipinski definition) is 2. The van der Waals surface area contributed by atoms with Gasteiger partial charge in [-0.2, -0.15) is 0 Å². The molecule has 1 fully saturated rings. The molecule has 1 amide bonds. The Morgan fingerprint density at radius 3 is 2.65 bits per heavy atom. The fourth-order valence-corrected chi connectivity index (χ4v) is 3.77. The molecular formula is C11H22N2O3S. The Kier molecular flexibility index (Phi) is 4.94. The van der Waals surface area contributed by atoms with Crippen LogP contribution in [-0.4, -0.2) is 38.4 Å². The Hall–Kier alpha value is -0.620. The molecule has 5 nitrogen and oxygen atoms in total. The largest absolute Gasteiger partial charge is 0.354 e. The summed E-state index contributed by atoms with van der Waals surface area (Å²) in [6.45, 7) is 4.34. The van der Waals surface area contributed by atoms with Crippen molar-refractivity contribution in [2.75, 3.05) is 18.1 Å². The van der Waals surface area contributed by atoms with E-state index in [-0.39, 0.29) is 29.2 Å². The topological polar surface area (TPSA) is 89.3 Å². The van der Waals surface area contributed by atoms with E-state index in [1.807, 2.05) is 13.8 Å². The molecule has 1 saturated heterocycles. The number of rotatable bonds is 5. The summed E-state index contributed by atoms with van der Waals surface area (Å²) in [6.07, 6.45) is 1.49. The van der Waals surface area contributed by atoms with Crippen LogP contribution in [0.2, 0.25) is 0 Å². The molecule has 6 heteroatoms. The molecule has 0 aromatic rings. The maximum absolute atomic E-state index is 11.7. The van der Waals surface area contributed by atoms with Crippen LogP contribution in [0.15, 0.2) is 0 Å². The highest BCUT2D eigenvalue weighted by Crippen LogP contribution is 2.17. The van der Waals surface area contributed by atoms with Gasteiger partial charge in [0.25, 0.3) is 0 Å². The average molecular weight is 262 g/mol. The molecule has 0 radical (unpaired) electrons. The van der Waals surface area contributed by atoms with Crippen LogP contribution in [0.5, 0.6) is 0 Å². The van der Waals surface area contributed by atoms with Gasteiger partial charge in [-0.3, -0.25) is 4.79 Å². The van der Waals surface area contributed by atoms with Crippen molar-refractivity contribution in [3.8, 4) is 0 Å². The summed E-state index contributed by atoms with van der Waals surface area (Å²) in [6, 6.07) is -0.502. The highest BCUT2D eigenvalue weighted by Gasteiger charge is 2.28. The minimum atomic E-state index is -2.87. The van der Waals surface area contributed by atoms with E-state index in [1.54, 1.807) is 0 Å². The lowest BCUT2D eigenvalue weighted by Crippen LogP contribution is -2.46. The van der Waals surface area contributed by atoms with Gasteiger partial charge in [0.15, 0.2) is 9.84 Å². The summed E-state index contributed by atoms with van der Waals surface area (Å²) in [5.41, 5.74) is 5.78. The van der Waals surface area contributed by atoms with Gasteiger partial charge < -0.3 is 11.1 Å². The van der Waals surface area contributed by atoms with Crippen molar-refractivity contribution in [3.63, 3.8) is 0 Å². The molecule has 3 N–H and O–H groups in total. The quantitative estimate of drug-likeness (QED) is 0.724. The molecule has 1 rings (SSSR count). The molecule has 1 heterocycles. The van der Waals surface area contributed by atoms with Crippen LogP contribution in [0.25, 0.3) is 0 Å². The Bertz CT molecular complexity index is 367. The zero-order chi connectivity index (χ0) is 13.1. The van der Waals surface area contributed by atoms with Crippen LogP contribution in [0, 0.1) is 11.8 Å². The first kappa shape index (κ1) is 14.4. The van der Waals surface area contributed by atoms with Crippen LogP contribution < -0.4 is 11.1 Å². The van der Waals surface area contributed by atoms with E-state index in [9.17, 15) is 13.2 Å². The first-order valence-corrected chi connectivity index (χ1v) is 7.91. The third kappa shape index (κ3) is 4.27. The summed E-state index contributed by atoms with van der Waals surface area (Å²) in [7, 11) is -2.87. The highest BCUT2D eigenvalue weighted by molar-refractivity contribution is 7.91. The average Bonchev–Trinajstić information content (AvgIpc) is 2.63. The summed E-state index contributed by atoms with van der Waals surface area (Å²) < 4.78 is 22.5. The van der Waals surface area contributed by atoms with E-state index < -0.39 is 15.9 Å². The molecule has 0 aromatic heterocycles. The molecule has 17 heavy (non-hydrogen) atoms. The smallest absolute Gasteiger partial charge is 0.237 e. The van der Waals surface area contributed by atoms with Crippen LogP contribution >= 0.6 is 0 Å². The minimum Gasteiger partial charge on any atom is -0.354 e. The summed E-state index contributed by atoms with van der Waals surface area (Å²) in [4.78, 5) is 11.7. The lowest BCUT2D eigenvalue weighted by molar-refractivity contribution is -0.123. The molecular weight excluding hydrogens is 240 g/mol. The number of carbonyl (C=O) groups excluding carboxylic acids is 1. The van der Waals surface area contributed by atoms with Crippen molar-refractivity contribution < 1.29 is 13.2 Å². The van der Waals surface area contributed by atoms with Gasteiger partial charge in [-0.15, -0.1) is 0 Å². The maximum Gasteiger partial charge on any atom is 0.237 e. The number of nitrogens with one attached hydrogen (secondary N) is 1. The molecule has 0 aliphatic carbocycles. The van der Waals surface area contributed by atoms with Crippen molar-refractivity contribution in [2.24, 2.45) is 17.6 Å². The second-order valence-electron chi connectivity index (χ2n) is 4.93. The number of nitrogens with two attached hydrogens (primary N) is 1. The predicted molar refractivity (Wildman–Crippen MR) is 67.2 cm³/mol. The fourth-order valence-electron chi connectivity index (χ4n) is 1.91. The summed E-state index contributed by atoms with van der Waals surface area (Å²) in [5, 5.41) is 2.75. The monoisotopic (exact) mass is 262 g/mol. The first-order chi connectivity index (χ1) is 7.85. The third-order valence-corrected chi connectivity index (χ3v) is 5.29. The van der Waals surface area contributed by atoms with Crippen molar-refractivity contribution >= 4 is 15.7 Å². The van der Waals surface area contributed by atoms with Gasteiger partial charge in [0.2, 0.25) is 5.91 Å². The third-order valence-electron chi connectivity index (χ3n) is 3.45. The Labute approximate surface area is 103 Å². The molecule has 0 saturated carbocycles. The van der Waals surface area contributed by atoms with Gasteiger partial charge in [-0.05, 0) is 18.3 Å². The van der Waals surface area contributed by atoms with Crippen molar-refractivity contribution in [3.05, 3.63) is 0 Å². The number of carbonyl (C=O) groups is 1. The normalized spacial score (nSPS) is 26.4. The highest BCUT2D eigenvalue weighted by atomic mass is 32.2. The van der Waals surface area contributed by atoms with Gasteiger partial charge in [-0.25, -0.2) is 8.42 Å². The number of hydrogen-bond acceptors (Lipinski definition) is 4. The molecule has 3 atom stereocenters. The molecule has 0 bridgehead atoms. The zero-order valence-electron chi connectivity index (χ0n) is 10.5. The van der Waals surface area contributed by atoms with Gasteiger partial charge in [0, 0.05) is 6.54 Å². The van der Waals surface area contributed by atoms with Crippen LogP contribution in [-0.2, 0) is 14.6 Å². The summed E-state index contributed by atoms with van der Waals surface area (Å²) in [5.74, 6) is 0.440.